The third kappa shape index (κ3) is 24.0. The van der Waals surface area contributed by atoms with Crippen molar-refractivity contribution in [2.24, 2.45) is 0 Å². The molecule has 0 aliphatic carbocycles. The minimum absolute atomic E-state index is 0.0653. The van der Waals surface area contributed by atoms with Gasteiger partial charge in [0.2, 0.25) is 23.6 Å². The van der Waals surface area contributed by atoms with Crippen LogP contribution in [0.3, 0.4) is 0 Å². The molecule has 24 heteroatoms. The fourth-order valence-electron chi connectivity index (χ4n) is 4.74. The second kappa shape index (κ2) is 31.7. The summed E-state index contributed by atoms with van der Waals surface area (Å²) in [6.45, 7) is -2.93. The molecule has 24 nitrogen and oxygen atoms in total. The minimum Gasteiger partial charge on any atom is -0.481 e. The number of nitrogens with one attached hydrogen (secondary N) is 1. The smallest absolute Gasteiger partial charge is 0.303 e. The Kier molecular flexibility index (Phi) is 29.9. The average Bonchev–Trinajstić information content (AvgIpc) is 3.19. The first-order valence-corrected chi connectivity index (χ1v) is 18.6. The molecule has 12 N–H and O–H groups in total. The van der Waals surface area contributed by atoms with E-state index < -0.39 is 112 Å². The molecule has 0 aliphatic heterocycles. The van der Waals surface area contributed by atoms with Crippen molar-refractivity contribution in [1.82, 2.24) is 20.0 Å². The lowest BCUT2D eigenvalue weighted by Crippen LogP contribution is -2.53. The van der Waals surface area contributed by atoms with Crippen LogP contribution >= 0.6 is 0 Å². The summed E-state index contributed by atoms with van der Waals surface area (Å²) in [5.41, 5.74) is 0. The number of carbonyl (C=O) groups excluding carboxylic acids is 4. The van der Waals surface area contributed by atoms with Crippen molar-refractivity contribution in [3.63, 3.8) is 0 Å². The third-order valence-electron chi connectivity index (χ3n) is 8.37. The summed E-state index contributed by atoms with van der Waals surface area (Å²) in [7, 11) is 2.38. The highest BCUT2D eigenvalue weighted by molar-refractivity contribution is 5.89. The van der Waals surface area contributed by atoms with Crippen LogP contribution in [0.2, 0.25) is 0 Å². The van der Waals surface area contributed by atoms with Gasteiger partial charge >= 0.3 is 5.97 Å². The number of amides is 4. The number of likely N-dealkylation sites (N-methyl/N-ethyl adjacent to an activating group) is 2. The first-order chi connectivity index (χ1) is 27.4. The molecule has 0 aromatic heterocycles. The fourth-order valence-corrected chi connectivity index (χ4v) is 4.74. The zero-order chi connectivity index (χ0) is 44.2. The Balaban J connectivity index is 4.89. The number of nitrogens with zero attached hydrogens (tertiary/aromatic N) is 3. The lowest BCUT2D eigenvalue weighted by Gasteiger charge is -2.31. The SMILES string of the molecule is CN(CC(O)C(O)C(O)C(O)CO)C(=O)CN(CC(=O)N(C)C[C@H](O)[C@@H](O)[C@H](O)[C@H](O)CO)C(=O)CCOCCOCCOCCOCCNC(=O)CCCC(=O)O. The second-order valence-electron chi connectivity index (χ2n) is 13.2. The first-order valence-electron chi connectivity index (χ1n) is 18.6. The molecule has 4 amide bonds. The van der Waals surface area contributed by atoms with Gasteiger partial charge in [-0.1, -0.05) is 0 Å². The molecule has 0 radical (unpaired) electrons. The summed E-state index contributed by atoms with van der Waals surface area (Å²) < 4.78 is 21.5. The topological polar surface area (TPSA) is 367 Å². The van der Waals surface area contributed by atoms with E-state index in [1.54, 1.807) is 0 Å². The van der Waals surface area contributed by atoms with Gasteiger partial charge in [0.1, 0.15) is 61.9 Å². The molecular weight excluding hydrogens is 784 g/mol. The van der Waals surface area contributed by atoms with Crippen LogP contribution < -0.4 is 5.32 Å². The molecular formula is C34H64N4O20. The van der Waals surface area contributed by atoms with E-state index in [9.17, 15) is 64.8 Å². The predicted molar refractivity (Wildman–Crippen MR) is 196 cm³/mol. The Morgan fingerprint density at radius 3 is 1.29 bits per heavy atom. The van der Waals surface area contributed by atoms with Crippen molar-refractivity contribution in [2.45, 2.75) is 74.5 Å². The summed E-state index contributed by atoms with van der Waals surface area (Å²) in [4.78, 5) is 63.9. The van der Waals surface area contributed by atoms with E-state index in [-0.39, 0.29) is 91.0 Å². The summed E-state index contributed by atoms with van der Waals surface area (Å²) >= 11 is 0. The summed E-state index contributed by atoms with van der Waals surface area (Å²) in [5, 5.41) is 109. The van der Waals surface area contributed by atoms with E-state index in [4.69, 9.17) is 34.3 Å². The normalized spacial score (nSPS) is 15.7. The molecule has 340 valence electrons. The maximum atomic E-state index is 13.2. The first kappa shape index (κ1) is 54.8. The number of carbonyl (C=O) groups is 5. The zero-order valence-corrected chi connectivity index (χ0v) is 33.0. The van der Waals surface area contributed by atoms with Crippen LogP contribution in [0.15, 0.2) is 0 Å². The molecule has 0 saturated carbocycles. The highest BCUT2D eigenvalue weighted by atomic mass is 16.6. The quantitative estimate of drug-likeness (QED) is 0.0264. The molecule has 0 fully saturated rings. The van der Waals surface area contributed by atoms with Crippen molar-refractivity contribution in [3.8, 4) is 0 Å². The van der Waals surface area contributed by atoms with Crippen LogP contribution in [0.5, 0.6) is 0 Å². The summed E-state index contributed by atoms with van der Waals surface area (Å²) in [6.07, 6.45) is -15.0. The minimum atomic E-state index is -1.97. The van der Waals surface area contributed by atoms with Crippen LogP contribution in [0, 0.1) is 0 Å². The Hall–Kier alpha value is -3.21. The molecule has 0 aromatic carbocycles. The maximum absolute atomic E-state index is 13.2. The van der Waals surface area contributed by atoms with E-state index >= 15 is 0 Å². The van der Waals surface area contributed by atoms with Gasteiger partial charge in [0.25, 0.3) is 0 Å². The van der Waals surface area contributed by atoms with Crippen LogP contribution in [0.4, 0.5) is 0 Å². The number of aliphatic carboxylic acids is 1. The van der Waals surface area contributed by atoms with Gasteiger partial charge in [-0.15, -0.1) is 0 Å². The Morgan fingerprint density at radius 2 is 0.897 bits per heavy atom. The Bertz CT molecular complexity index is 1120. The van der Waals surface area contributed by atoms with Crippen molar-refractivity contribution >= 4 is 29.6 Å². The molecule has 0 spiro atoms. The van der Waals surface area contributed by atoms with Crippen molar-refractivity contribution < 1.29 is 99.1 Å². The zero-order valence-electron chi connectivity index (χ0n) is 33.0. The molecule has 58 heavy (non-hydrogen) atoms. The van der Waals surface area contributed by atoms with Crippen molar-refractivity contribution in [2.75, 3.05) is 113 Å². The van der Waals surface area contributed by atoms with Gasteiger partial charge in [-0.25, -0.2) is 0 Å². The molecule has 0 saturated heterocycles. The Morgan fingerprint density at radius 1 is 0.517 bits per heavy atom. The van der Waals surface area contributed by atoms with Gasteiger partial charge in [-0.05, 0) is 6.42 Å². The molecule has 0 heterocycles. The Labute approximate surface area is 336 Å². The lowest BCUT2D eigenvalue weighted by atomic mass is 10.0. The highest BCUT2D eigenvalue weighted by Crippen LogP contribution is 2.09. The number of carboxylic acid groups (broad SMARTS) is 1. The van der Waals surface area contributed by atoms with Gasteiger partial charge < -0.3 is 95.1 Å². The number of carboxylic acids is 1. The van der Waals surface area contributed by atoms with E-state index in [2.05, 4.69) is 5.32 Å². The second-order valence-corrected chi connectivity index (χ2v) is 13.2. The molecule has 4 unspecified atom stereocenters. The highest BCUT2D eigenvalue weighted by Gasteiger charge is 2.34. The number of ether oxygens (including phenoxy) is 4. The average molecular weight is 849 g/mol. The standard InChI is InChI=1S/C34H64N4O20/c1-36(16-22(41)31(51)33(53)24(43)20-39)28(47)18-38(19-29(48)37(2)17-23(42)32(52)34(54)25(44)21-40)27(46)6-8-55-10-12-57-14-15-58-13-11-56-9-7-35-26(45)4-3-5-30(49)50/h22-25,31-34,39-44,51-54H,3-21H2,1-2H3,(H,35,45)(H,49,50)/t22-,23?,24+,25?,31+,32?,33+,34?/m0/s1. The van der Waals surface area contributed by atoms with Crippen LogP contribution in [-0.4, -0.2) is 262 Å². The largest absolute Gasteiger partial charge is 0.481 e. The van der Waals surface area contributed by atoms with Crippen molar-refractivity contribution in [1.29, 1.82) is 0 Å². The van der Waals surface area contributed by atoms with Gasteiger partial charge in [0.15, 0.2) is 0 Å². The predicted octanol–water partition coefficient (Wildman–Crippen LogP) is -7.57. The third-order valence-corrected chi connectivity index (χ3v) is 8.37. The van der Waals surface area contributed by atoms with Gasteiger partial charge in [0.05, 0.1) is 72.5 Å². The molecule has 0 rings (SSSR count). The van der Waals surface area contributed by atoms with E-state index in [1.165, 1.54) is 14.1 Å². The lowest BCUT2D eigenvalue weighted by molar-refractivity contribution is -0.148. The van der Waals surface area contributed by atoms with E-state index in [1.807, 2.05) is 0 Å². The van der Waals surface area contributed by atoms with Gasteiger partial charge in [-0.3, -0.25) is 24.0 Å². The summed E-state index contributed by atoms with van der Waals surface area (Å²) in [5.74, 6) is -3.62. The van der Waals surface area contributed by atoms with Gasteiger partial charge in [0, 0.05) is 46.6 Å². The molecule has 0 aliphatic rings. The van der Waals surface area contributed by atoms with E-state index in [0.29, 0.717) is 0 Å². The maximum Gasteiger partial charge on any atom is 0.303 e. The number of aliphatic hydroxyl groups is 10. The number of aliphatic hydroxyl groups excluding tert-OH is 10. The molecule has 8 atom stereocenters. The molecule has 0 aromatic rings. The van der Waals surface area contributed by atoms with Gasteiger partial charge in [-0.2, -0.15) is 0 Å². The fraction of sp³-hybridized carbons (Fsp3) is 0.853. The van der Waals surface area contributed by atoms with Crippen molar-refractivity contribution in [3.05, 3.63) is 0 Å². The van der Waals surface area contributed by atoms with E-state index in [0.717, 1.165) is 14.7 Å². The number of hydrogen-bond acceptors (Lipinski definition) is 19. The number of rotatable bonds is 35. The number of hydrogen-bond donors (Lipinski definition) is 12. The molecule has 0 bridgehead atoms. The van der Waals surface area contributed by atoms with Crippen LogP contribution in [0.25, 0.3) is 0 Å². The summed E-state index contributed by atoms with van der Waals surface area (Å²) in [6, 6.07) is 0. The monoisotopic (exact) mass is 848 g/mol. The van der Waals surface area contributed by atoms with Crippen LogP contribution in [-0.2, 0) is 42.9 Å². The van der Waals surface area contributed by atoms with Crippen LogP contribution in [0.1, 0.15) is 25.7 Å².